The molecule has 1 aliphatic heterocycles. The van der Waals surface area contributed by atoms with Crippen LogP contribution in [0.15, 0.2) is 6.20 Å². The van der Waals surface area contributed by atoms with E-state index in [-0.39, 0.29) is 5.69 Å². The van der Waals surface area contributed by atoms with Crippen molar-refractivity contribution in [1.29, 1.82) is 0 Å². The number of carbonyl (C=O) groups is 1. The number of carboxylic acids is 1. The maximum atomic E-state index is 10.6. The molecule has 1 aliphatic rings. The fraction of sp³-hybridized carbons (Fsp3) is 0.727. The first-order valence-corrected chi connectivity index (χ1v) is 6.08. The van der Waals surface area contributed by atoms with E-state index >= 15 is 0 Å². The van der Waals surface area contributed by atoms with Crippen molar-refractivity contribution in [3.63, 3.8) is 0 Å². The lowest BCUT2D eigenvalue weighted by Crippen LogP contribution is -2.31. The third kappa shape index (κ3) is 3.51. The van der Waals surface area contributed by atoms with E-state index in [4.69, 9.17) is 9.84 Å². The van der Waals surface area contributed by atoms with Gasteiger partial charge in [-0.15, -0.1) is 5.10 Å². The molecule has 0 bridgehead atoms. The molecule has 0 aliphatic carbocycles. The first-order chi connectivity index (χ1) is 8.65. The van der Waals surface area contributed by atoms with E-state index in [1.165, 1.54) is 6.20 Å². The van der Waals surface area contributed by atoms with E-state index in [0.29, 0.717) is 12.6 Å². The summed E-state index contributed by atoms with van der Waals surface area (Å²) in [5.41, 5.74) is -0.0169. The fourth-order valence-electron chi connectivity index (χ4n) is 2.01. The van der Waals surface area contributed by atoms with E-state index < -0.39 is 5.97 Å². The summed E-state index contributed by atoms with van der Waals surface area (Å²) < 4.78 is 7.11. The molecule has 1 unspecified atom stereocenters. The Morgan fingerprint density at radius 2 is 2.56 bits per heavy atom. The Balaban J connectivity index is 1.74. The van der Waals surface area contributed by atoms with Crippen LogP contribution < -0.4 is 0 Å². The van der Waals surface area contributed by atoms with Gasteiger partial charge in [0.15, 0.2) is 5.69 Å². The first kappa shape index (κ1) is 13.0. The van der Waals surface area contributed by atoms with Crippen molar-refractivity contribution in [3.05, 3.63) is 11.9 Å². The Bertz CT molecular complexity index is 401. The van der Waals surface area contributed by atoms with E-state index in [1.54, 1.807) is 4.68 Å². The Kier molecular flexibility index (Phi) is 4.27. The second-order valence-electron chi connectivity index (χ2n) is 4.57. The van der Waals surface area contributed by atoms with Crippen molar-refractivity contribution < 1.29 is 14.6 Å². The molecule has 18 heavy (non-hydrogen) atoms. The minimum absolute atomic E-state index is 0.0169. The number of carboxylic acid groups (broad SMARTS) is 1. The highest BCUT2D eigenvalue weighted by Gasteiger charge is 2.17. The van der Waals surface area contributed by atoms with Gasteiger partial charge in [0, 0.05) is 19.7 Å². The standard InChI is InChI=1S/C11H18N4O3/c1-14(7-9-3-2-6-18-9)4-5-15-8-10(11(16)17)12-13-15/h8-9H,2-7H2,1H3,(H,16,17). The van der Waals surface area contributed by atoms with Gasteiger partial charge in [-0.05, 0) is 19.9 Å². The van der Waals surface area contributed by atoms with Crippen LogP contribution in [0.2, 0.25) is 0 Å². The Hall–Kier alpha value is -1.47. The van der Waals surface area contributed by atoms with Crippen LogP contribution in [0.25, 0.3) is 0 Å². The molecule has 1 aromatic rings. The zero-order valence-electron chi connectivity index (χ0n) is 10.4. The van der Waals surface area contributed by atoms with Gasteiger partial charge in [0.05, 0.1) is 18.8 Å². The normalized spacial score (nSPS) is 19.6. The minimum Gasteiger partial charge on any atom is -0.476 e. The van der Waals surface area contributed by atoms with Crippen LogP contribution in [0.5, 0.6) is 0 Å². The highest BCUT2D eigenvalue weighted by Crippen LogP contribution is 2.12. The summed E-state index contributed by atoms with van der Waals surface area (Å²) in [7, 11) is 2.02. The van der Waals surface area contributed by atoms with Gasteiger partial charge in [0.25, 0.3) is 0 Å². The number of aromatic carboxylic acids is 1. The Labute approximate surface area is 105 Å². The third-order valence-corrected chi connectivity index (χ3v) is 3.01. The maximum Gasteiger partial charge on any atom is 0.358 e. The van der Waals surface area contributed by atoms with E-state index in [2.05, 4.69) is 15.2 Å². The van der Waals surface area contributed by atoms with Crippen LogP contribution in [0.3, 0.4) is 0 Å². The predicted octanol–water partition coefficient (Wildman–Crippen LogP) is 0.0871. The van der Waals surface area contributed by atoms with Crippen molar-refractivity contribution >= 4 is 5.97 Å². The summed E-state index contributed by atoms with van der Waals surface area (Å²) in [5.74, 6) is -1.05. The van der Waals surface area contributed by atoms with Gasteiger partial charge < -0.3 is 14.7 Å². The number of rotatable bonds is 6. The summed E-state index contributed by atoms with van der Waals surface area (Å²) in [6.07, 6.45) is 4.04. The van der Waals surface area contributed by atoms with Crippen molar-refractivity contribution in [1.82, 2.24) is 19.9 Å². The molecule has 1 aromatic heterocycles. The molecular weight excluding hydrogens is 236 g/mol. The molecule has 1 atom stereocenters. The molecular formula is C11H18N4O3. The molecule has 0 aromatic carbocycles. The number of aromatic nitrogens is 3. The molecule has 2 heterocycles. The van der Waals surface area contributed by atoms with Crippen molar-refractivity contribution in [2.24, 2.45) is 0 Å². The molecule has 0 spiro atoms. The summed E-state index contributed by atoms with van der Waals surface area (Å²) in [6.45, 7) is 3.19. The van der Waals surface area contributed by atoms with Crippen LogP contribution in [0, 0.1) is 0 Å². The first-order valence-electron chi connectivity index (χ1n) is 6.08. The Morgan fingerprint density at radius 1 is 1.72 bits per heavy atom. The van der Waals surface area contributed by atoms with Crippen molar-refractivity contribution in [2.45, 2.75) is 25.5 Å². The van der Waals surface area contributed by atoms with Gasteiger partial charge in [-0.1, -0.05) is 5.21 Å². The van der Waals surface area contributed by atoms with Crippen molar-refractivity contribution in [2.75, 3.05) is 26.7 Å². The number of likely N-dealkylation sites (N-methyl/N-ethyl adjacent to an activating group) is 1. The third-order valence-electron chi connectivity index (χ3n) is 3.01. The van der Waals surface area contributed by atoms with Crippen LogP contribution >= 0.6 is 0 Å². The summed E-state index contributed by atoms with van der Waals surface area (Å²) in [6, 6.07) is 0. The van der Waals surface area contributed by atoms with Gasteiger partial charge in [0.2, 0.25) is 0 Å². The predicted molar refractivity (Wildman–Crippen MR) is 63.5 cm³/mol. The lowest BCUT2D eigenvalue weighted by atomic mass is 10.2. The molecule has 2 rings (SSSR count). The van der Waals surface area contributed by atoms with Gasteiger partial charge in [0.1, 0.15) is 0 Å². The number of hydrogen-bond donors (Lipinski definition) is 1. The molecule has 7 nitrogen and oxygen atoms in total. The Morgan fingerprint density at radius 3 is 3.17 bits per heavy atom. The molecule has 1 fully saturated rings. The topological polar surface area (TPSA) is 80.5 Å². The van der Waals surface area contributed by atoms with Crippen LogP contribution in [-0.2, 0) is 11.3 Å². The molecule has 100 valence electrons. The molecule has 7 heteroatoms. The fourth-order valence-corrected chi connectivity index (χ4v) is 2.01. The monoisotopic (exact) mass is 254 g/mol. The summed E-state index contributed by atoms with van der Waals surface area (Å²) in [4.78, 5) is 12.8. The minimum atomic E-state index is -1.05. The van der Waals surface area contributed by atoms with E-state index in [0.717, 1.165) is 32.5 Å². The second-order valence-corrected chi connectivity index (χ2v) is 4.57. The van der Waals surface area contributed by atoms with Crippen LogP contribution in [0.4, 0.5) is 0 Å². The zero-order chi connectivity index (χ0) is 13.0. The molecule has 0 amide bonds. The zero-order valence-corrected chi connectivity index (χ0v) is 10.4. The second kappa shape index (κ2) is 5.92. The molecule has 0 radical (unpaired) electrons. The van der Waals surface area contributed by atoms with Gasteiger partial charge in [-0.2, -0.15) is 0 Å². The van der Waals surface area contributed by atoms with E-state index in [9.17, 15) is 4.79 Å². The smallest absolute Gasteiger partial charge is 0.358 e. The van der Waals surface area contributed by atoms with Crippen LogP contribution in [0.1, 0.15) is 23.3 Å². The average molecular weight is 254 g/mol. The van der Waals surface area contributed by atoms with E-state index in [1.807, 2.05) is 7.05 Å². The highest BCUT2D eigenvalue weighted by molar-refractivity contribution is 5.84. The van der Waals surface area contributed by atoms with Gasteiger partial charge >= 0.3 is 5.97 Å². The highest BCUT2D eigenvalue weighted by atomic mass is 16.5. The molecule has 0 saturated carbocycles. The summed E-state index contributed by atoms with van der Waals surface area (Å²) in [5, 5.41) is 16.1. The summed E-state index contributed by atoms with van der Waals surface area (Å²) >= 11 is 0. The quantitative estimate of drug-likeness (QED) is 0.774. The number of ether oxygens (including phenoxy) is 1. The molecule has 1 saturated heterocycles. The lowest BCUT2D eigenvalue weighted by molar-refractivity contribution is 0.0690. The van der Waals surface area contributed by atoms with Gasteiger partial charge in [-0.3, -0.25) is 4.68 Å². The average Bonchev–Trinajstić information content (AvgIpc) is 2.96. The van der Waals surface area contributed by atoms with Crippen LogP contribution in [-0.4, -0.2) is 63.8 Å². The lowest BCUT2D eigenvalue weighted by Gasteiger charge is -2.20. The number of hydrogen-bond acceptors (Lipinski definition) is 5. The molecule has 1 N–H and O–H groups in total. The maximum absolute atomic E-state index is 10.6. The largest absolute Gasteiger partial charge is 0.476 e. The number of nitrogens with zero attached hydrogens (tertiary/aromatic N) is 4. The SMILES string of the molecule is CN(CCn1cc(C(=O)O)nn1)CC1CCCO1. The van der Waals surface area contributed by atoms with Crippen molar-refractivity contribution in [3.8, 4) is 0 Å². The van der Waals surface area contributed by atoms with Gasteiger partial charge in [-0.25, -0.2) is 4.79 Å².